The zero-order chi connectivity index (χ0) is 20.2. The van der Waals surface area contributed by atoms with Crippen LogP contribution >= 0.6 is 0 Å². The summed E-state index contributed by atoms with van der Waals surface area (Å²) in [4.78, 5) is 15.1. The second kappa shape index (κ2) is 9.17. The van der Waals surface area contributed by atoms with Gasteiger partial charge in [0.1, 0.15) is 6.04 Å². The summed E-state index contributed by atoms with van der Waals surface area (Å²) in [5.41, 5.74) is 7.01. The molecule has 1 heterocycles. The van der Waals surface area contributed by atoms with Crippen molar-refractivity contribution in [2.45, 2.75) is 63.9 Å². The number of carbonyl (C=O) groups excluding carboxylic acids is 1. The largest absolute Gasteiger partial charge is 0.341 e. The molecule has 3 unspecified atom stereocenters. The zero-order valence-corrected chi connectivity index (χ0v) is 17.6. The van der Waals surface area contributed by atoms with E-state index in [0.29, 0.717) is 19.5 Å². The molecule has 2 rings (SSSR count). The van der Waals surface area contributed by atoms with E-state index in [0.717, 1.165) is 18.4 Å². The summed E-state index contributed by atoms with van der Waals surface area (Å²) in [5, 5.41) is 0. The van der Waals surface area contributed by atoms with E-state index < -0.39 is 16.1 Å². The minimum Gasteiger partial charge on any atom is -0.341 e. The summed E-state index contributed by atoms with van der Waals surface area (Å²) in [5.74, 6) is 0.300. The molecule has 1 fully saturated rings. The van der Waals surface area contributed by atoms with Gasteiger partial charge in [0.25, 0.3) is 0 Å². The van der Waals surface area contributed by atoms with Crippen LogP contribution in [0.5, 0.6) is 0 Å². The van der Waals surface area contributed by atoms with Gasteiger partial charge in [-0.1, -0.05) is 31.5 Å². The van der Waals surface area contributed by atoms with Crippen molar-refractivity contribution in [2.24, 2.45) is 17.6 Å². The molecule has 0 radical (unpaired) electrons. The molecule has 0 spiro atoms. The van der Waals surface area contributed by atoms with Gasteiger partial charge in [0.2, 0.25) is 15.9 Å². The van der Waals surface area contributed by atoms with Crippen molar-refractivity contribution in [1.82, 2.24) is 9.62 Å². The van der Waals surface area contributed by atoms with Crippen LogP contribution in [0, 0.1) is 18.8 Å². The van der Waals surface area contributed by atoms with Crippen LogP contribution in [0.1, 0.15) is 45.6 Å². The zero-order valence-electron chi connectivity index (χ0n) is 16.8. The van der Waals surface area contributed by atoms with Gasteiger partial charge in [-0.05, 0) is 57.1 Å². The van der Waals surface area contributed by atoms with Gasteiger partial charge >= 0.3 is 0 Å². The van der Waals surface area contributed by atoms with Crippen LogP contribution in [0.25, 0.3) is 0 Å². The maximum Gasteiger partial charge on any atom is 0.241 e. The number of carbonyl (C=O) groups is 1. The Morgan fingerprint density at radius 1 is 1.26 bits per heavy atom. The van der Waals surface area contributed by atoms with Gasteiger partial charge in [0.05, 0.1) is 4.90 Å². The van der Waals surface area contributed by atoms with Crippen molar-refractivity contribution in [2.75, 3.05) is 13.1 Å². The Bertz CT molecular complexity index is 729. The number of piperidine rings is 1. The van der Waals surface area contributed by atoms with Gasteiger partial charge < -0.3 is 10.6 Å². The number of amides is 1. The lowest BCUT2D eigenvalue weighted by atomic mass is 9.91. The summed E-state index contributed by atoms with van der Waals surface area (Å²) in [6, 6.07) is 5.91. The summed E-state index contributed by atoms with van der Waals surface area (Å²) < 4.78 is 28.2. The van der Waals surface area contributed by atoms with E-state index >= 15 is 0 Å². The fourth-order valence-corrected chi connectivity index (χ4v) is 4.71. The number of nitrogens with zero attached hydrogens (tertiary/aromatic N) is 1. The number of aryl methyl sites for hydroxylation is 1. The number of nitrogens with one attached hydrogen (secondary N) is 1. The second-order valence-electron chi connectivity index (χ2n) is 8.16. The molecular formula is C20H33N3O3S. The molecule has 0 aromatic heterocycles. The van der Waals surface area contributed by atoms with Crippen LogP contribution in [0.4, 0.5) is 0 Å². The minimum atomic E-state index is -3.76. The third-order valence-electron chi connectivity index (χ3n) is 5.15. The number of hydrogen-bond acceptors (Lipinski definition) is 4. The fourth-order valence-electron chi connectivity index (χ4n) is 3.50. The van der Waals surface area contributed by atoms with Crippen LogP contribution < -0.4 is 10.5 Å². The normalized spacial score (nSPS) is 20.5. The Hall–Kier alpha value is -1.44. The summed E-state index contributed by atoms with van der Waals surface area (Å²) in [6.07, 6.45) is 2.37. The van der Waals surface area contributed by atoms with Gasteiger partial charge in [-0.2, -0.15) is 4.72 Å². The molecule has 6 nitrogen and oxygen atoms in total. The van der Waals surface area contributed by atoms with Gasteiger partial charge in [0.15, 0.2) is 0 Å². The Kier molecular flexibility index (Phi) is 7.42. The van der Waals surface area contributed by atoms with Crippen molar-refractivity contribution in [1.29, 1.82) is 0 Å². The summed E-state index contributed by atoms with van der Waals surface area (Å²) in [6.45, 7) is 9.09. The standard InChI is InChI=1S/C20H33N3O3S/c1-14(2)12-19(20(24)23-11-5-6-17(13-23)16(4)21)22-27(25,26)18-9-7-15(3)8-10-18/h7-10,14,16-17,19,22H,5-6,11-13,21H2,1-4H3. The van der Waals surface area contributed by atoms with Gasteiger partial charge in [-0.3, -0.25) is 4.79 Å². The Balaban J connectivity index is 2.18. The van der Waals surface area contributed by atoms with Crippen LogP contribution in [-0.2, 0) is 14.8 Å². The molecule has 27 heavy (non-hydrogen) atoms. The molecule has 3 atom stereocenters. The third kappa shape index (κ3) is 6.02. The predicted molar refractivity (Wildman–Crippen MR) is 108 cm³/mol. The number of sulfonamides is 1. The molecule has 152 valence electrons. The Morgan fingerprint density at radius 2 is 1.89 bits per heavy atom. The van der Waals surface area contributed by atoms with E-state index in [1.807, 2.05) is 27.7 Å². The summed E-state index contributed by atoms with van der Waals surface area (Å²) in [7, 11) is -3.76. The first-order chi connectivity index (χ1) is 12.6. The van der Waals surface area contributed by atoms with E-state index in [-0.39, 0.29) is 28.7 Å². The number of rotatable bonds is 7. The quantitative estimate of drug-likeness (QED) is 0.741. The average Bonchev–Trinajstić information content (AvgIpc) is 2.60. The lowest BCUT2D eigenvalue weighted by Crippen LogP contribution is -2.53. The molecule has 1 aliphatic rings. The monoisotopic (exact) mass is 395 g/mol. The molecule has 1 aromatic rings. The van der Waals surface area contributed by atoms with Crippen LogP contribution in [0.15, 0.2) is 29.2 Å². The molecule has 3 N–H and O–H groups in total. The lowest BCUT2D eigenvalue weighted by molar-refractivity contribution is -0.135. The van der Waals surface area contributed by atoms with Gasteiger partial charge in [-0.25, -0.2) is 8.42 Å². The van der Waals surface area contributed by atoms with E-state index in [2.05, 4.69) is 4.72 Å². The topological polar surface area (TPSA) is 92.5 Å². The van der Waals surface area contributed by atoms with Crippen molar-refractivity contribution >= 4 is 15.9 Å². The van der Waals surface area contributed by atoms with Crippen molar-refractivity contribution in [3.8, 4) is 0 Å². The van der Waals surface area contributed by atoms with Crippen LogP contribution in [-0.4, -0.2) is 44.4 Å². The molecule has 1 saturated heterocycles. The SMILES string of the molecule is Cc1ccc(S(=O)(=O)NC(CC(C)C)C(=O)N2CCCC(C(C)N)C2)cc1. The van der Waals surface area contributed by atoms with Crippen LogP contribution in [0.2, 0.25) is 0 Å². The maximum atomic E-state index is 13.1. The number of hydrogen-bond donors (Lipinski definition) is 2. The molecule has 1 aliphatic heterocycles. The van der Waals surface area contributed by atoms with Crippen molar-refractivity contribution in [3.63, 3.8) is 0 Å². The third-order valence-corrected chi connectivity index (χ3v) is 6.63. The van der Waals surface area contributed by atoms with E-state index in [1.165, 1.54) is 0 Å². The molecule has 0 aliphatic carbocycles. The first-order valence-corrected chi connectivity index (χ1v) is 11.2. The van der Waals surface area contributed by atoms with E-state index in [4.69, 9.17) is 5.73 Å². The highest BCUT2D eigenvalue weighted by molar-refractivity contribution is 7.89. The van der Waals surface area contributed by atoms with E-state index in [1.54, 1.807) is 29.2 Å². The molecule has 7 heteroatoms. The van der Waals surface area contributed by atoms with Gasteiger partial charge in [-0.15, -0.1) is 0 Å². The van der Waals surface area contributed by atoms with E-state index in [9.17, 15) is 13.2 Å². The predicted octanol–water partition coefficient (Wildman–Crippen LogP) is 2.27. The number of likely N-dealkylation sites (tertiary alicyclic amines) is 1. The molecule has 0 saturated carbocycles. The first kappa shape index (κ1) is 21.9. The highest BCUT2D eigenvalue weighted by atomic mass is 32.2. The summed E-state index contributed by atoms with van der Waals surface area (Å²) >= 11 is 0. The molecule has 0 bridgehead atoms. The smallest absolute Gasteiger partial charge is 0.241 e. The molecule has 1 amide bonds. The van der Waals surface area contributed by atoms with Crippen molar-refractivity contribution < 1.29 is 13.2 Å². The second-order valence-corrected chi connectivity index (χ2v) is 9.88. The maximum absolute atomic E-state index is 13.1. The van der Waals surface area contributed by atoms with Gasteiger partial charge in [0, 0.05) is 19.1 Å². The highest BCUT2D eigenvalue weighted by Gasteiger charge is 2.33. The minimum absolute atomic E-state index is 0.0217. The molecule has 1 aromatic carbocycles. The first-order valence-electron chi connectivity index (χ1n) is 9.73. The lowest BCUT2D eigenvalue weighted by Gasteiger charge is -2.36. The fraction of sp³-hybridized carbons (Fsp3) is 0.650. The van der Waals surface area contributed by atoms with Crippen molar-refractivity contribution in [3.05, 3.63) is 29.8 Å². The van der Waals surface area contributed by atoms with Crippen LogP contribution in [0.3, 0.4) is 0 Å². The number of benzene rings is 1. The average molecular weight is 396 g/mol. The Labute approximate surface area is 163 Å². The highest BCUT2D eigenvalue weighted by Crippen LogP contribution is 2.21. The molecular weight excluding hydrogens is 362 g/mol. The number of nitrogens with two attached hydrogens (primary N) is 1. The Morgan fingerprint density at radius 3 is 2.44 bits per heavy atom.